The van der Waals surface area contributed by atoms with Crippen molar-refractivity contribution in [1.29, 1.82) is 0 Å². The normalized spacial score (nSPS) is 19.4. The van der Waals surface area contributed by atoms with Gasteiger partial charge in [-0.25, -0.2) is 0 Å². The van der Waals surface area contributed by atoms with Crippen molar-refractivity contribution in [3.63, 3.8) is 0 Å². The summed E-state index contributed by atoms with van der Waals surface area (Å²) in [5, 5.41) is 14.0. The topological polar surface area (TPSA) is 66.4 Å². The molecule has 1 amide bonds. The van der Waals surface area contributed by atoms with Crippen molar-refractivity contribution in [3.8, 4) is 0 Å². The van der Waals surface area contributed by atoms with Crippen LogP contribution in [0, 0.1) is 0 Å². The van der Waals surface area contributed by atoms with Gasteiger partial charge in [0.2, 0.25) is 0 Å². The number of hydrogen-bond donors (Lipinski definition) is 2. The highest BCUT2D eigenvalue weighted by Crippen LogP contribution is 2.40. The van der Waals surface area contributed by atoms with E-state index in [1.807, 2.05) is 0 Å². The molecule has 0 aliphatic carbocycles. The van der Waals surface area contributed by atoms with Crippen molar-refractivity contribution in [2.75, 3.05) is 5.32 Å². The molecule has 4 nitrogen and oxygen atoms in total. The Bertz CT molecular complexity index is 840. The van der Waals surface area contributed by atoms with Crippen molar-refractivity contribution in [2.45, 2.75) is 12.0 Å². The number of aliphatic hydroxyl groups is 1. The van der Waals surface area contributed by atoms with Crippen LogP contribution in [0.25, 0.3) is 0 Å². The fourth-order valence-corrected chi connectivity index (χ4v) is 3.41. The Morgan fingerprint density at radius 1 is 1.22 bits per heavy atom. The number of Topliss-reactive ketones (excluding diaryl/α,β-unsaturated/α-hetero) is 1. The SMILES string of the molecule is O=C(C[C@]1(O)C(=O)Nc2ccc(Br)cc21)c1ccc(Cl)cc1Cl. The highest BCUT2D eigenvalue weighted by atomic mass is 79.9. The Hall–Kier alpha value is -1.40. The quantitative estimate of drug-likeness (QED) is 0.740. The van der Waals surface area contributed by atoms with E-state index in [1.54, 1.807) is 18.2 Å². The van der Waals surface area contributed by atoms with Gasteiger partial charge in [-0.15, -0.1) is 0 Å². The molecule has 1 heterocycles. The van der Waals surface area contributed by atoms with Gasteiger partial charge in [0, 0.05) is 26.3 Å². The summed E-state index contributed by atoms with van der Waals surface area (Å²) in [5.41, 5.74) is -0.883. The molecule has 7 heteroatoms. The summed E-state index contributed by atoms with van der Waals surface area (Å²) in [4.78, 5) is 24.7. The summed E-state index contributed by atoms with van der Waals surface area (Å²) >= 11 is 15.1. The number of ketones is 1. The predicted molar refractivity (Wildman–Crippen MR) is 92.1 cm³/mol. The molecular formula is C16H10BrCl2NO3. The molecule has 2 aromatic carbocycles. The molecule has 0 unspecified atom stereocenters. The summed E-state index contributed by atoms with van der Waals surface area (Å²) in [7, 11) is 0. The number of anilines is 1. The van der Waals surface area contributed by atoms with Gasteiger partial charge >= 0.3 is 0 Å². The molecule has 0 spiro atoms. The van der Waals surface area contributed by atoms with Gasteiger partial charge in [-0.3, -0.25) is 9.59 Å². The Kier molecular flexibility index (Phi) is 4.23. The van der Waals surface area contributed by atoms with Crippen LogP contribution in [-0.2, 0) is 10.4 Å². The Balaban J connectivity index is 1.97. The van der Waals surface area contributed by atoms with Gasteiger partial charge in [0.25, 0.3) is 5.91 Å². The molecule has 3 rings (SSSR count). The van der Waals surface area contributed by atoms with E-state index < -0.39 is 23.7 Å². The van der Waals surface area contributed by atoms with Gasteiger partial charge in [-0.05, 0) is 36.4 Å². The van der Waals surface area contributed by atoms with E-state index in [2.05, 4.69) is 21.2 Å². The number of hydrogen-bond acceptors (Lipinski definition) is 3. The van der Waals surface area contributed by atoms with Crippen LogP contribution in [-0.4, -0.2) is 16.8 Å². The molecule has 0 saturated heterocycles. The lowest BCUT2D eigenvalue weighted by molar-refractivity contribution is -0.133. The molecule has 0 bridgehead atoms. The number of rotatable bonds is 3. The van der Waals surface area contributed by atoms with Crippen LogP contribution in [0.3, 0.4) is 0 Å². The largest absolute Gasteiger partial charge is 0.375 e. The number of nitrogens with one attached hydrogen (secondary N) is 1. The number of carbonyl (C=O) groups excluding carboxylic acids is 2. The van der Waals surface area contributed by atoms with Crippen molar-refractivity contribution in [1.82, 2.24) is 0 Å². The van der Waals surface area contributed by atoms with Gasteiger partial charge in [-0.1, -0.05) is 39.1 Å². The van der Waals surface area contributed by atoms with Crippen molar-refractivity contribution >= 4 is 56.5 Å². The van der Waals surface area contributed by atoms with E-state index >= 15 is 0 Å². The molecule has 1 atom stereocenters. The van der Waals surface area contributed by atoms with E-state index in [0.29, 0.717) is 20.7 Å². The maximum absolute atomic E-state index is 12.5. The number of carbonyl (C=O) groups is 2. The van der Waals surface area contributed by atoms with Crippen LogP contribution in [0.1, 0.15) is 22.3 Å². The standard InChI is InChI=1S/C16H10BrCl2NO3/c17-8-1-4-13-11(5-8)16(23,15(22)20-13)7-14(21)10-3-2-9(18)6-12(10)19/h1-6,23H,7H2,(H,20,22)/t16-/m1/s1. The predicted octanol–water partition coefficient (Wildman–Crippen LogP) is 4.17. The van der Waals surface area contributed by atoms with E-state index in [4.69, 9.17) is 23.2 Å². The molecule has 23 heavy (non-hydrogen) atoms. The van der Waals surface area contributed by atoms with Crippen molar-refractivity contribution in [3.05, 3.63) is 62.0 Å². The summed E-state index contributed by atoms with van der Waals surface area (Å²) in [6, 6.07) is 9.47. The maximum Gasteiger partial charge on any atom is 0.261 e. The smallest absolute Gasteiger partial charge is 0.261 e. The molecule has 1 aliphatic rings. The first-order valence-corrected chi connectivity index (χ1v) is 8.18. The van der Waals surface area contributed by atoms with Crippen molar-refractivity contribution in [2.24, 2.45) is 0 Å². The number of fused-ring (bicyclic) bond motifs is 1. The minimum atomic E-state index is -1.93. The zero-order chi connectivity index (χ0) is 16.8. The Labute approximate surface area is 150 Å². The maximum atomic E-state index is 12.5. The minimum absolute atomic E-state index is 0.180. The third-order valence-electron chi connectivity index (χ3n) is 3.70. The van der Waals surface area contributed by atoms with Crippen LogP contribution in [0.2, 0.25) is 10.0 Å². The Morgan fingerprint density at radius 2 is 1.96 bits per heavy atom. The number of halogens is 3. The minimum Gasteiger partial charge on any atom is -0.375 e. The van der Waals surface area contributed by atoms with Crippen molar-refractivity contribution < 1.29 is 14.7 Å². The average Bonchev–Trinajstić information content (AvgIpc) is 2.70. The van der Waals surface area contributed by atoms with Crippen LogP contribution in [0.15, 0.2) is 40.9 Å². The third-order valence-corrected chi connectivity index (χ3v) is 4.74. The average molecular weight is 415 g/mol. The van der Waals surface area contributed by atoms with E-state index in [9.17, 15) is 14.7 Å². The molecule has 2 aromatic rings. The first-order chi connectivity index (χ1) is 10.8. The molecular weight excluding hydrogens is 405 g/mol. The monoisotopic (exact) mass is 413 g/mol. The lowest BCUT2D eigenvalue weighted by atomic mass is 9.88. The first-order valence-electron chi connectivity index (χ1n) is 6.63. The van der Waals surface area contributed by atoms with Crippen LogP contribution < -0.4 is 5.32 Å². The molecule has 1 aliphatic heterocycles. The molecule has 2 N–H and O–H groups in total. The molecule has 0 aromatic heterocycles. The van der Waals surface area contributed by atoms with Gasteiger partial charge in [0.1, 0.15) is 0 Å². The second-order valence-corrected chi connectivity index (χ2v) is 6.99. The van der Waals surface area contributed by atoms with Crippen LogP contribution in [0.5, 0.6) is 0 Å². The second kappa shape index (κ2) is 5.91. The lowest BCUT2D eigenvalue weighted by Gasteiger charge is -2.20. The zero-order valence-electron chi connectivity index (χ0n) is 11.6. The van der Waals surface area contributed by atoms with Crippen LogP contribution >= 0.6 is 39.1 Å². The summed E-state index contributed by atoms with van der Waals surface area (Å²) in [5.74, 6) is -1.08. The first kappa shape index (κ1) is 16.5. The fraction of sp³-hybridized carbons (Fsp3) is 0.125. The van der Waals surface area contributed by atoms with E-state index in [0.717, 1.165) is 0 Å². The van der Waals surface area contributed by atoms with Gasteiger partial charge in [-0.2, -0.15) is 0 Å². The highest BCUT2D eigenvalue weighted by Gasteiger charge is 2.47. The molecule has 0 radical (unpaired) electrons. The van der Waals surface area contributed by atoms with Crippen LogP contribution in [0.4, 0.5) is 5.69 Å². The third kappa shape index (κ3) is 2.90. The zero-order valence-corrected chi connectivity index (χ0v) is 14.7. The molecule has 0 fully saturated rings. The second-order valence-electron chi connectivity index (χ2n) is 5.23. The van der Waals surface area contributed by atoms with Gasteiger partial charge < -0.3 is 10.4 Å². The highest BCUT2D eigenvalue weighted by molar-refractivity contribution is 9.10. The van der Waals surface area contributed by atoms with E-state index in [1.165, 1.54) is 18.2 Å². The lowest BCUT2D eigenvalue weighted by Crippen LogP contribution is -2.36. The summed E-state index contributed by atoms with van der Waals surface area (Å²) < 4.78 is 0.697. The molecule has 0 saturated carbocycles. The van der Waals surface area contributed by atoms with Gasteiger partial charge in [0.15, 0.2) is 11.4 Å². The number of benzene rings is 2. The fourth-order valence-electron chi connectivity index (χ4n) is 2.53. The summed E-state index contributed by atoms with van der Waals surface area (Å²) in [6.07, 6.45) is -0.413. The number of amides is 1. The van der Waals surface area contributed by atoms with E-state index in [-0.39, 0.29) is 10.6 Å². The molecule has 118 valence electrons. The Morgan fingerprint density at radius 3 is 2.65 bits per heavy atom. The summed E-state index contributed by atoms with van der Waals surface area (Å²) in [6.45, 7) is 0. The van der Waals surface area contributed by atoms with Gasteiger partial charge in [0.05, 0.1) is 11.4 Å².